The van der Waals surface area contributed by atoms with E-state index in [1.165, 1.54) is 23.5 Å². The lowest BCUT2D eigenvalue weighted by molar-refractivity contribution is 0.0953. The molecule has 1 aliphatic heterocycles. The van der Waals surface area contributed by atoms with Gasteiger partial charge in [0.1, 0.15) is 33.2 Å². The summed E-state index contributed by atoms with van der Waals surface area (Å²) in [6, 6.07) is 7.27. The number of carbonyl (C=O) groups excluding carboxylic acids is 2. The maximum absolute atomic E-state index is 13.2. The van der Waals surface area contributed by atoms with E-state index in [0.717, 1.165) is 5.56 Å². The van der Waals surface area contributed by atoms with Crippen LogP contribution in [-0.4, -0.2) is 33.5 Å². The van der Waals surface area contributed by atoms with Gasteiger partial charge in [-0.1, -0.05) is 17.3 Å². The van der Waals surface area contributed by atoms with Crippen LogP contribution in [0.25, 0.3) is 0 Å². The lowest BCUT2D eigenvalue weighted by Gasteiger charge is -2.21. The van der Waals surface area contributed by atoms with Gasteiger partial charge in [0.05, 0.1) is 12.2 Å². The first-order chi connectivity index (χ1) is 14.4. The van der Waals surface area contributed by atoms with Gasteiger partial charge in [0, 0.05) is 19.2 Å². The summed E-state index contributed by atoms with van der Waals surface area (Å²) in [4.78, 5) is 31.6. The largest absolute Gasteiger partial charge is 0.361 e. The first-order valence-corrected chi connectivity index (χ1v) is 10.2. The van der Waals surface area contributed by atoms with Gasteiger partial charge in [-0.15, -0.1) is 11.3 Å². The molecule has 1 aliphatic rings. The zero-order valence-corrected chi connectivity index (χ0v) is 17.3. The minimum atomic E-state index is -0.326. The van der Waals surface area contributed by atoms with Crippen LogP contribution >= 0.6 is 11.3 Å². The van der Waals surface area contributed by atoms with Crippen LogP contribution < -0.4 is 10.6 Å². The van der Waals surface area contributed by atoms with Crippen molar-refractivity contribution >= 4 is 23.3 Å². The van der Waals surface area contributed by atoms with E-state index in [1.54, 1.807) is 36.9 Å². The molecule has 4 rings (SSSR count). The number of halogens is 1. The van der Waals surface area contributed by atoms with E-state index in [0.29, 0.717) is 40.1 Å². The number of benzene rings is 1. The van der Waals surface area contributed by atoms with E-state index in [9.17, 15) is 14.0 Å². The molecule has 3 amide bonds. The Morgan fingerprint density at radius 2 is 2.13 bits per heavy atom. The van der Waals surface area contributed by atoms with Crippen molar-refractivity contribution in [3.05, 3.63) is 68.7 Å². The maximum Gasteiger partial charge on any atom is 0.318 e. The van der Waals surface area contributed by atoms with E-state index in [1.807, 2.05) is 0 Å². The molecule has 30 heavy (non-hydrogen) atoms. The van der Waals surface area contributed by atoms with Gasteiger partial charge in [0.2, 0.25) is 0 Å². The van der Waals surface area contributed by atoms with Crippen molar-refractivity contribution in [1.82, 2.24) is 25.7 Å². The lowest BCUT2D eigenvalue weighted by atomic mass is 10.2. The molecule has 0 spiro atoms. The third-order valence-electron chi connectivity index (χ3n) is 4.76. The van der Waals surface area contributed by atoms with Crippen LogP contribution in [-0.2, 0) is 13.1 Å². The van der Waals surface area contributed by atoms with Gasteiger partial charge in [-0.3, -0.25) is 4.79 Å². The smallest absolute Gasteiger partial charge is 0.318 e. The van der Waals surface area contributed by atoms with Crippen molar-refractivity contribution in [2.24, 2.45) is 0 Å². The molecule has 2 N–H and O–H groups in total. The number of carbonyl (C=O) groups is 2. The standard InChI is InChI=1S/C20H20FN5O3S/c1-11-7-15(25-29-11)8-22-18(27)17-12(2)24-19(30-17)16-9-23-20(28)26(16)10-13-3-5-14(21)6-4-13/h3-7,16H,8-10H2,1-2H3,(H,22,27)(H,23,28). The summed E-state index contributed by atoms with van der Waals surface area (Å²) in [6.45, 7) is 4.52. The lowest BCUT2D eigenvalue weighted by Crippen LogP contribution is -2.29. The highest BCUT2D eigenvalue weighted by molar-refractivity contribution is 7.13. The average molecular weight is 429 g/mol. The number of aromatic nitrogens is 2. The Labute approximate surface area is 176 Å². The van der Waals surface area contributed by atoms with Crippen molar-refractivity contribution < 1.29 is 18.5 Å². The van der Waals surface area contributed by atoms with Gasteiger partial charge in [0.25, 0.3) is 5.91 Å². The van der Waals surface area contributed by atoms with Crippen LogP contribution in [0.4, 0.5) is 9.18 Å². The van der Waals surface area contributed by atoms with Crippen molar-refractivity contribution in [2.75, 3.05) is 6.54 Å². The van der Waals surface area contributed by atoms with Crippen molar-refractivity contribution in [3.63, 3.8) is 0 Å². The summed E-state index contributed by atoms with van der Waals surface area (Å²) < 4.78 is 18.2. The molecule has 1 saturated heterocycles. The predicted octanol–water partition coefficient (Wildman–Crippen LogP) is 3.08. The highest BCUT2D eigenvalue weighted by Crippen LogP contribution is 2.31. The zero-order chi connectivity index (χ0) is 21.3. The summed E-state index contributed by atoms with van der Waals surface area (Å²) in [7, 11) is 0. The van der Waals surface area contributed by atoms with E-state index in [4.69, 9.17) is 4.52 Å². The fourth-order valence-electron chi connectivity index (χ4n) is 3.25. The molecule has 0 saturated carbocycles. The highest BCUT2D eigenvalue weighted by Gasteiger charge is 2.35. The minimum absolute atomic E-state index is 0.218. The second kappa shape index (κ2) is 8.23. The molecular formula is C20H20FN5O3S. The number of rotatable bonds is 6. The van der Waals surface area contributed by atoms with Crippen LogP contribution in [0.1, 0.15) is 43.4 Å². The third-order valence-corrected chi connectivity index (χ3v) is 6.02. The normalized spacial score (nSPS) is 16.0. The molecule has 0 bridgehead atoms. The van der Waals surface area contributed by atoms with Crippen molar-refractivity contribution in [3.8, 4) is 0 Å². The third kappa shape index (κ3) is 4.18. The molecule has 0 radical (unpaired) electrons. The summed E-state index contributed by atoms with van der Waals surface area (Å²) in [5, 5.41) is 10.2. The maximum atomic E-state index is 13.2. The fraction of sp³-hybridized carbons (Fsp3) is 0.300. The zero-order valence-electron chi connectivity index (χ0n) is 16.4. The fourth-order valence-corrected chi connectivity index (χ4v) is 4.35. The summed E-state index contributed by atoms with van der Waals surface area (Å²) in [5.74, 6) is 0.0996. The molecule has 156 valence electrons. The topological polar surface area (TPSA) is 100 Å². The quantitative estimate of drug-likeness (QED) is 0.627. The Kier molecular flexibility index (Phi) is 5.49. The van der Waals surface area contributed by atoms with Gasteiger partial charge >= 0.3 is 6.03 Å². The number of amides is 3. The van der Waals surface area contributed by atoms with Crippen molar-refractivity contribution in [2.45, 2.75) is 33.0 Å². The molecule has 2 aromatic heterocycles. The Balaban J connectivity index is 1.48. The number of nitrogens with zero attached hydrogens (tertiary/aromatic N) is 3. The number of thiazole rings is 1. The van der Waals surface area contributed by atoms with Gasteiger partial charge < -0.3 is 20.1 Å². The van der Waals surface area contributed by atoms with E-state index < -0.39 is 0 Å². The van der Waals surface area contributed by atoms with Gasteiger partial charge in [-0.05, 0) is 31.5 Å². The summed E-state index contributed by atoms with van der Waals surface area (Å²) in [6.07, 6.45) is 0. The van der Waals surface area contributed by atoms with Crippen molar-refractivity contribution in [1.29, 1.82) is 0 Å². The van der Waals surface area contributed by atoms with Gasteiger partial charge in [-0.25, -0.2) is 14.2 Å². The van der Waals surface area contributed by atoms with Crippen LogP contribution in [0.2, 0.25) is 0 Å². The molecule has 8 nitrogen and oxygen atoms in total. The minimum Gasteiger partial charge on any atom is -0.361 e. The van der Waals surface area contributed by atoms with Gasteiger partial charge in [0.15, 0.2) is 0 Å². The number of nitrogens with one attached hydrogen (secondary N) is 2. The van der Waals surface area contributed by atoms with Crippen LogP contribution in [0.5, 0.6) is 0 Å². The Morgan fingerprint density at radius 1 is 1.37 bits per heavy atom. The molecular weight excluding hydrogens is 409 g/mol. The number of hydrogen-bond donors (Lipinski definition) is 2. The Hall–Kier alpha value is -3.27. The molecule has 0 aliphatic carbocycles. The first kappa shape index (κ1) is 20.0. The van der Waals surface area contributed by atoms with Gasteiger partial charge in [-0.2, -0.15) is 0 Å². The molecule has 1 atom stereocenters. The average Bonchev–Trinajstić information content (AvgIpc) is 3.41. The monoisotopic (exact) mass is 429 g/mol. The molecule has 1 fully saturated rings. The second-order valence-corrected chi connectivity index (χ2v) is 8.07. The molecule has 1 aromatic carbocycles. The molecule has 3 heterocycles. The van der Waals surface area contributed by atoms with Crippen LogP contribution in [0, 0.1) is 19.7 Å². The second-order valence-electron chi connectivity index (χ2n) is 7.03. The Bertz CT molecular complexity index is 1080. The number of hydrogen-bond acceptors (Lipinski definition) is 6. The van der Waals surface area contributed by atoms with E-state index in [2.05, 4.69) is 20.8 Å². The summed E-state index contributed by atoms with van der Waals surface area (Å²) >= 11 is 1.26. The van der Waals surface area contributed by atoms with Crippen LogP contribution in [0.15, 0.2) is 34.9 Å². The summed E-state index contributed by atoms with van der Waals surface area (Å²) in [5.41, 5.74) is 2.05. The number of urea groups is 1. The van der Waals surface area contributed by atoms with E-state index >= 15 is 0 Å². The molecule has 1 unspecified atom stereocenters. The SMILES string of the molecule is Cc1cc(CNC(=O)c2sc(C3CNC(=O)N3Cc3ccc(F)cc3)nc2C)no1. The van der Waals surface area contributed by atoms with E-state index in [-0.39, 0.29) is 30.3 Å². The predicted molar refractivity (Wildman–Crippen MR) is 107 cm³/mol. The first-order valence-electron chi connectivity index (χ1n) is 9.37. The Morgan fingerprint density at radius 3 is 2.83 bits per heavy atom. The molecule has 3 aromatic rings. The molecule has 10 heteroatoms. The number of aryl methyl sites for hydroxylation is 2. The highest BCUT2D eigenvalue weighted by atomic mass is 32.1. The van der Waals surface area contributed by atoms with Crippen LogP contribution in [0.3, 0.4) is 0 Å².